The van der Waals surface area contributed by atoms with E-state index < -0.39 is 0 Å². The first kappa shape index (κ1) is 13.9. The van der Waals surface area contributed by atoms with Gasteiger partial charge in [-0.15, -0.1) is 5.10 Å². The molecule has 2 N–H and O–H groups in total. The number of benzene rings is 2. The van der Waals surface area contributed by atoms with Gasteiger partial charge in [-0.1, -0.05) is 29.8 Å². The molecule has 0 bridgehead atoms. The molecule has 0 aliphatic carbocycles. The summed E-state index contributed by atoms with van der Waals surface area (Å²) in [7, 11) is 0. The Morgan fingerprint density at radius 2 is 1.73 bits per heavy atom. The average molecular weight is 295 g/mol. The molecular weight excluding hydrogens is 281 g/mol. The summed E-state index contributed by atoms with van der Waals surface area (Å²) >= 11 is 0. The average Bonchev–Trinajstić information content (AvgIpc) is 2.52. The number of aromatic nitrogens is 3. The fourth-order valence-electron chi connectivity index (χ4n) is 1.88. The minimum Gasteiger partial charge on any atom is -0.336 e. The van der Waals surface area contributed by atoms with E-state index in [4.69, 9.17) is 0 Å². The van der Waals surface area contributed by atoms with Crippen molar-refractivity contribution in [1.82, 2.24) is 15.2 Å². The Labute approximate surface area is 127 Å². The topological polar surface area (TPSA) is 62.7 Å². The summed E-state index contributed by atoms with van der Waals surface area (Å²) in [6.45, 7) is 2.01. The highest BCUT2D eigenvalue weighted by molar-refractivity contribution is 5.59. The van der Waals surface area contributed by atoms with Crippen LogP contribution in [0.3, 0.4) is 0 Å². The molecule has 1 aromatic heterocycles. The number of hydrogen-bond donors (Lipinski definition) is 2. The third kappa shape index (κ3) is 3.35. The van der Waals surface area contributed by atoms with Crippen LogP contribution in [0.1, 0.15) is 5.56 Å². The predicted octanol–water partition coefficient (Wildman–Crippen LogP) is 3.81. The summed E-state index contributed by atoms with van der Waals surface area (Å²) in [6, 6.07) is 14.2. The molecule has 22 heavy (non-hydrogen) atoms. The Balaban J connectivity index is 1.78. The molecule has 0 spiro atoms. The van der Waals surface area contributed by atoms with Crippen LogP contribution in [0.25, 0.3) is 0 Å². The lowest BCUT2D eigenvalue weighted by Gasteiger charge is -2.08. The smallest absolute Gasteiger partial charge is 0.249 e. The van der Waals surface area contributed by atoms with Crippen molar-refractivity contribution in [2.24, 2.45) is 0 Å². The summed E-state index contributed by atoms with van der Waals surface area (Å²) < 4.78 is 13.6. The lowest BCUT2D eigenvalue weighted by atomic mass is 10.2. The molecule has 0 unspecified atom stereocenters. The monoisotopic (exact) mass is 295 g/mol. The zero-order valence-corrected chi connectivity index (χ0v) is 11.9. The van der Waals surface area contributed by atoms with Crippen molar-refractivity contribution in [2.45, 2.75) is 6.92 Å². The van der Waals surface area contributed by atoms with Crippen LogP contribution in [0.15, 0.2) is 54.7 Å². The molecule has 0 fully saturated rings. The zero-order valence-electron chi connectivity index (χ0n) is 11.9. The number of hydrogen-bond acceptors (Lipinski definition) is 5. The van der Waals surface area contributed by atoms with Gasteiger partial charge in [-0.3, -0.25) is 0 Å². The fourth-order valence-corrected chi connectivity index (χ4v) is 1.88. The van der Waals surface area contributed by atoms with E-state index in [0.717, 1.165) is 5.69 Å². The van der Waals surface area contributed by atoms with Crippen LogP contribution < -0.4 is 10.6 Å². The normalized spacial score (nSPS) is 10.3. The SMILES string of the molecule is Cc1ccc(Nc2nncc(Nc3ccccc3F)n2)cc1. The van der Waals surface area contributed by atoms with Gasteiger partial charge in [-0.25, -0.2) is 4.39 Å². The summed E-state index contributed by atoms with van der Waals surface area (Å²) in [5.41, 5.74) is 2.36. The molecule has 0 aliphatic heterocycles. The van der Waals surface area contributed by atoms with Crippen LogP contribution in [0.4, 0.5) is 27.5 Å². The van der Waals surface area contributed by atoms with Crippen molar-refractivity contribution >= 4 is 23.1 Å². The highest BCUT2D eigenvalue weighted by atomic mass is 19.1. The number of anilines is 4. The van der Waals surface area contributed by atoms with Crippen LogP contribution in [0.5, 0.6) is 0 Å². The summed E-state index contributed by atoms with van der Waals surface area (Å²) in [5.74, 6) is 0.397. The first-order chi connectivity index (χ1) is 10.7. The van der Waals surface area contributed by atoms with E-state index in [9.17, 15) is 4.39 Å². The molecule has 0 saturated carbocycles. The fraction of sp³-hybridized carbons (Fsp3) is 0.0625. The van der Waals surface area contributed by atoms with Crippen molar-refractivity contribution in [3.63, 3.8) is 0 Å². The predicted molar refractivity (Wildman–Crippen MR) is 84.0 cm³/mol. The maximum Gasteiger partial charge on any atom is 0.249 e. The molecule has 0 radical (unpaired) electrons. The van der Waals surface area contributed by atoms with Gasteiger partial charge in [0.2, 0.25) is 5.95 Å². The van der Waals surface area contributed by atoms with E-state index in [1.165, 1.54) is 17.8 Å². The van der Waals surface area contributed by atoms with E-state index in [0.29, 0.717) is 17.5 Å². The second-order valence-corrected chi connectivity index (χ2v) is 4.76. The summed E-state index contributed by atoms with van der Waals surface area (Å²) in [5, 5.41) is 13.7. The Morgan fingerprint density at radius 3 is 2.50 bits per heavy atom. The first-order valence-corrected chi connectivity index (χ1v) is 6.76. The number of nitrogens with one attached hydrogen (secondary N) is 2. The lowest BCUT2D eigenvalue weighted by molar-refractivity contribution is 0.632. The molecule has 3 aromatic rings. The van der Waals surface area contributed by atoms with Crippen LogP contribution in [-0.2, 0) is 0 Å². The largest absolute Gasteiger partial charge is 0.336 e. The Bertz CT molecular complexity index is 773. The van der Waals surface area contributed by atoms with Crippen LogP contribution in [-0.4, -0.2) is 15.2 Å². The maximum atomic E-state index is 13.6. The second-order valence-electron chi connectivity index (χ2n) is 4.76. The minimum absolute atomic E-state index is 0.337. The standard InChI is InChI=1S/C16H14FN5/c1-11-6-8-12(9-7-11)19-16-21-15(10-18-22-16)20-14-5-3-2-4-13(14)17/h2-10H,1H3,(H2,19,20,21,22). The number of halogens is 1. The van der Waals surface area contributed by atoms with Crippen molar-refractivity contribution in [1.29, 1.82) is 0 Å². The first-order valence-electron chi connectivity index (χ1n) is 6.76. The van der Waals surface area contributed by atoms with Crippen molar-refractivity contribution < 1.29 is 4.39 Å². The minimum atomic E-state index is -0.353. The van der Waals surface area contributed by atoms with Crippen LogP contribution in [0.2, 0.25) is 0 Å². The Hall–Kier alpha value is -3.02. The van der Waals surface area contributed by atoms with Crippen molar-refractivity contribution in [3.8, 4) is 0 Å². The van der Waals surface area contributed by atoms with E-state index >= 15 is 0 Å². The highest BCUT2D eigenvalue weighted by Crippen LogP contribution is 2.19. The molecule has 2 aromatic carbocycles. The van der Waals surface area contributed by atoms with Gasteiger partial charge in [0.15, 0.2) is 5.82 Å². The van der Waals surface area contributed by atoms with E-state index in [-0.39, 0.29) is 5.82 Å². The van der Waals surface area contributed by atoms with Gasteiger partial charge in [0.25, 0.3) is 0 Å². The van der Waals surface area contributed by atoms with Crippen LogP contribution in [0, 0.1) is 12.7 Å². The third-order valence-electron chi connectivity index (χ3n) is 3.00. The molecule has 0 amide bonds. The molecule has 0 aliphatic rings. The number of para-hydroxylation sites is 1. The number of nitrogens with zero attached hydrogens (tertiary/aromatic N) is 3. The summed E-state index contributed by atoms with van der Waals surface area (Å²) in [6.07, 6.45) is 1.44. The third-order valence-corrected chi connectivity index (χ3v) is 3.00. The highest BCUT2D eigenvalue weighted by Gasteiger charge is 2.04. The molecule has 6 heteroatoms. The van der Waals surface area contributed by atoms with Crippen LogP contribution >= 0.6 is 0 Å². The van der Waals surface area contributed by atoms with E-state index in [2.05, 4.69) is 25.8 Å². The van der Waals surface area contributed by atoms with Gasteiger partial charge in [-0.05, 0) is 31.2 Å². The molecule has 110 valence electrons. The molecule has 1 heterocycles. The second kappa shape index (κ2) is 6.17. The van der Waals surface area contributed by atoms with Crippen molar-refractivity contribution in [3.05, 3.63) is 66.1 Å². The lowest BCUT2D eigenvalue weighted by Crippen LogP contribution is -2.03. The van der Waals surface area contributed by atoms with Crippen molar-refractivity contribution in [2.75, 3.05) is 10.6 Å². The van der Waals surface area contributed by atoms with E-state index in [1.807, 2.05) is 31.2 Å². The van der Waals surface area contributed by atoms with E-state index in [1.54, 1.807) is 18.2 Å². The van der Waals surface area contributed by atoms with Gasteiger partial charge in [-0.2, -0.15) is 10.1 Å². The molecule has 5 nitrogen and oxygen atoms in total. The summed E-state index contributed by atoms with van der Waals surface area (Å²) in [4.78, 5) is 4.26. The molecule has 0 saturated heterocycles. The zero-order chi connectivity index (χ0) is 15.4. The molecule has 0 atom stereocenters. The number of aryl methyl sites for hydroxylation is 1. The quantitative estimate of drug-likeness (QED) is 0.766. The Morgan fingerprint density at radius 1 is 0.955 bits per heavy atom. The van der Waals surface area contributed by atoms with Gasteiger partial charge in [0.05, 0.1) is 11.9 Å². The maximum absolute atomic E-state index is 13.6. The van der Waals surface area contributed by atoms with Gasteiger partial charge in [0.1, 0.15) is 5.82 Å². The molecular formula is C16H14FN5. The Kier molecular flexibility index (Phi) is 3.91. The number of rotatable bonds is 4. The molecule has 3 rings (SSSR count). The van der Waals surface area contributed by atoms with Gasteiger partial charge < -0.3 is 10.6 Å². The van der Waals surface area contributed by atoms with Gasteiger partial charge >= 0.3 is 0 Å². The van der Waals surface area contributed by atoms with Gasteiger partial charge in [0, 0.05) is 5.69 Å².